The third kappa shape index (κ3) is 5.48. The number of amides is 3. The molecule has 200 valence electrons. The summed E-state index contributed by atoms with van der Waals surface area (Å²) < 4.78 is 31.0. The number of thiol groups is 1. The lowest BCUT2D eigenvalue weighted by molar-refractivity contribution is 0.0671. The highest BCUT2D eigenvalue weighted by atomic mass is 32.2. The summed E-state index contributed by atoms with van der Waals surface area (Å²) in [6.07, 6.45) is 1.62. The first-order valence-electron chi connectivity index (χ1n) is 12.3. The normalized spacial score (nSPS) is 13.4. The minimum absolute atomic E-state index is 0.184. The highest BCUT2D eigenvalue weighted by Gasteiger charge is 2.26. The number of methoxy groups -OCH3 is 1. The van der Waals surface area contributed by atoms with Crippen LogP contribution in [0.15, 0.2) is 85.1 Å². The molecule has 1 aromatic heterocycles. The molecule has 39 heavy (non-hydrogen) atoms. The van der Waals surface area contributed by atoms with Crippen molar-refractivity contribution in [2.75, 3.05) is 42.9 Å². The Kier molecular flexibility index (Phi) is 7.60. The van der Waals surface area contributed by atoms with Crippen molar-refractivity contribution in [3.63, 3.8) is 0 Å². The minimum atomic E-state index is -3.01. The van der Waals surface area contributed by atoms with Gasteiger partial charge >= 0.3 is 6.03 Å². The highest BCUT2D eigenvalue weighted by Crippen LogP contribution is 2.31. The highest BCUT2D eigenvalue weighted by molar-refractivity contribution is 7.74. The zero-order chi connectivity index (χ0) is 27.4. The number of carbonyl (C=O) groups excluding carboxylic acids is 2. The monoisotopic (exact) mass is 545 g/mol. The second-order valence-corrected chi connectivity index (χ2v) is 9.73. The van der Waals surface area contributed by atoms with E-state index in [0.29, 0.717) is 60.1 Å². The molecule has 1 fully saturated rings. The van der Waals surface area contributed by atoms with E-state index in [1.54, 1.807) is 77.7 Å². The number of anilines is 3. The minimum Gasteiger partial charge on any atom is -0.495 e. The summed E-state index contributed by atoms with van der Waals surface area (Å²) >= 11 is 0. The molecule has 1 aliphatic rings. The van der Waals surface area contributed by atoms with Gasteiger partial charge in [0.15, 0.2) is 0 Å². The van der Waals surface area contributed by atoms with Crippen molar-refractivity contribution in [3.8, 4) is 5.75 Å². The average molecular weight is 546 g/mol. The van der Waals surface area contributed by atoms with Gasteiger partial charge in [0.25, 0.3) is 5.91 Å². The van der Waals surface area contributed by atoms with Gasteiger partial charge in [-0.3, -0.25) is 9.78 Å². The van der Waals surface area contributed by atoms with Gasteiger partial charge in [0.1, 0.15) is 5.75 Å². The zero-order valence-corrected chi connectivity index (χ0v) is 22.1. The fourth-order valence-corrected chi connectivity index (χ4v) is 5.22. The number of pyridine rings is 1. The van der Waals surface area contributed by atoms with Crippen molar-refractivity contribution < 1.29 is 22.7 Å². The summed E-state index contributed by atoms with van der Waals surface area (Å²) in [5.41, 5.74) is 2.41. The predicted molar refractivity (Wildman–Crippen MR) is 150 cm³/mol. The van der Waals surface area contributed by atoms with E-state index >= 15 is 0 Å². The number of hydrogen-bond acceptors (Lipinski definition) is 6. The molecule has 3 aromatic carbocycles. The summed E-state index contributed by atoms with van der Waals surface area (Å²) in [7, 11) is -1.47. The SMILES string of the molecule is COc1ccccc1NC(=O)N1CCN(C(=O)c2ccc(N(c3cccc4cccnc34)[SH](=O)=O)cc2)CC1. The Morgan fingerprint density at radius 2 is 1.56 bits per heavy atom. The van der Waals surface area contributed by atoms with Crippen LogP contribution in [0, 0.1) is 0 Å². The molecule has 0 atom stereocenters. The predicted octanol–water partition coefficient (Wildman–Crippen LogP) is 3.90. The maximum Gasteiger partial charge on any atom is 0.322 e. The van der Waals surface area contributed by atoms with Gasteiger partial charge in [-0.05, 0) is 48.5 Å². The summed E-state index contributed by atoms with van der Waals surface area (Å²) in [6.45, 7) is 1.51. The number of carbonyl (C=O) groups is 2. The largest absolute Gasteiger partial charge is 0.495 e. The quantitative estimate of drug-likeness (QED) is 0.356. The van der Waals surface area contributed by atoms with E-state index < -0.39 is 10.9 Å². The van der Waals surface area contributed by atoms with E-state index in [0.717, 1.165) is 5.39 Å². The van der Waals surface area contributed by atoms with Gasteiger partial charge in [-0.15, -0.1) is 0 Å². The smallest absolute Gasteiger partial charge is 0.322 e. The number of para-hydroxylation sites is 3. The van der Waals surface area contributed by atoms with Crippen LogP contribution in [0.25, 0.3) is 10.9 Å². The number of ether oxygens (including phenoxy) is 1. The molecule has 2 heterocycles. The van der Waals surface area contributed by atoms with Gasteiger partial charge < -0.3 is 19.9 Å². The molecule has 3 amide bonds. The van der Waals surface area contributed by atoms with E-state index in [2.05, 4.69) is 10.3 Å². The van der Waals surface area contributed by atoms with Crippen molar-refractivity contribution in [3.05, 3.63) is 90.6 Å². The maximum absolute atomic E-state index is 13.2. The second-order valence-electron chi connectivity index (χ2n) is 8.86. The maximum atomic E-state index is 13.2. The molecule has 1 saturated heterocycles. The molecule has 0 spiro atoms. The molecule has 11 heteroatoms. The Bertz CT molecular complexity index is 1570. The molecule has 0 aliphatic carbocycles. The lowest BCUT2D eigenvalue weighted by Crippen LogP contribution is -2.51. The summed E-state index contributed by atoms with van der Waals surface area (Å²) in [6, 6.07) is 22.4. The molecule has 1 aliphatic heterocycles. The standard InChI is InChI=1S/C28H27N5O5S/c1-38-25-10-3-2-8-23(25)30-28(35)32-18-16-31(17-19-32)27(34)21-11-13-22(14-12-21)33(39(36)37)24-9-4-6-20-7-5-15-29-26(20)24/h2-15,39H,16-19H2,1H3,(H,30,35). The van der Waals surface area contributed by atoms with Gasteiger partial charge in [0, 0.05) is 43.3 Å². The van der Waals surface area contributed by atoms with Crippen LogP contribution in [0.1, 0.15) is 10.4 Å². The van der Waals surface area contributed by atoms with Gasteiger partial charge in [-0.1, -0.05) is 30.3 Å². The molecule has 0 saturated carbocycles. The number of rotatable bonds is 6. The first-order chi connectivity index (χ1) is 19.0. The fraction of sp³-hybridized carbons (Fsp3) is 0.179. The molecule has 0 bridgehead atoms. The Hall–Kier alpha value is -4.64. The van der Waals surface area contributed by atoms with Crippen molar-refractivity contribution >= 4 is 50.8 Å². The Balaban J connectivity index is 1.25. The van der Waals surface area contributed by atoms with Crippen LogP contribution >= 0.6 is 0 Å². The Morgan fingerprint density at radius 1 is 0.872 bits per heavy atom. The van der Waals surface area contributed by atoms with Crippen LogP contribution in [0.3, 0.4) is 0 Å². The zero-order valence-electron chi connectivity index (χ0n) is 21.2. The van der Waals surface area contributed by atoms with Gasteiger partial charge in [-0.25, -0.2) is 17.5 Å². The van der Waals surface area contributed by atoms with Crippen molar-refractivity contribution in [2.45, 2.75) is 0 Å². The number of benzene rings is 3. The van der Waals surface area contributed by atoms with E-state index in [1.807, 2.05) is 24.3 Å². The van der Waals surface area contributed by atoms with Crippen molar-refractivity contribution in [1.82, 2.24) is 14.8 Å². The number of piperazine rings is 1. The van der Waals surface area contributed by atoms with E-state index in [4.69, 9.17) is 4.74 Å². The summed E-state index contributed by atoms with van der Waals surface area (Å²) in [5.74, 6) is 0.385. The van der Waals surface area contributed by atoms with Crippen LogP contribution < -0.4 is 14.4 Å². The van der Waals surface area contributed by atoms with Crippen LogP contribution in [-0.4, -0.2) is 68.4 Å². The molecule has 1 N–H and O–H groups in total. The molecule has 4 aromatic rings. The molecule has 10 nitrogen and oxygen atoms in total. The summed E-state index contributed by atoms with van der Waals surface area (Å²) in [4.78, 5) is 33.6. The van der Waals surface area contributed by atoms with Crippen LogP contribution in [0.4, 0.5) is 21.9 Å². The second kappa shape index (κ2) is 11.4. The van der Waals surface area contributed by atoms with E-state index in [-0.39, 0.29) is 11.9 Å². The lowest BCUT2D eigenvalue weighted by Gasteiger charge is -2.34. The molecular weight excluding hydrogens is 518 g/mol. The van der Waals surface area contributed by atoms with E-state index in [1.165, 1.54) is 4.31 Å². The third-order valence-corrected chi connectivity index (χ3v) is 7.34. The molecule has 0 unspecified atom stereocenters. The van der Waals surface area contributed by atoms with Crippen LogP contribution in [-0.2, 0) is 10.9 Å². The first kappa shape index (κ1) is 26.0. The third-order valence-electron chi connectivity index (χ3n) is 6.56. The molecule has 0 radical (unpaired) electrons. The number of nitrogens with zero attached hydrogens (tertiary/aromatic N) is 4. The topological polar surface area (TPSA) is 112 Å². The van der Waals surface area contributed by atoms with Gasteiger partial charge in [0.2, 0.25) is 10.9 Å². The summed E-state index contributed by atoms with van der Waals surface area (Å²) in [5, 5.41) is 3.68. The number of hydrogen-bond donors (Lipinski definition) is 2. The number of fused-ring (bicyclic) bond motifs is 1. The lowest BCUT2D eigenvalue weighted by atomic mass is 10.1. The van der Waals surface area contributed by atoms with Crippen molar-refractivity contribution in [1.29, 1.82) is 0 Å². The molecular formula is C28H27N5O5S. The van der Waals surface area contributed by atoms with E-state index in [9.17, 15) is 18.0 Å². The van der Waals surface area contributed by atoms with Crippen molar-refractivity contribution in [2.24, 2.45) is 0 Å². The van der Waals surface area contributed by atoms with Crippen LogP contribution in [0.2, 0.25) is 0 Å². The Labute approximate surface area is 227 Å². The number of urea groups is 1. The van der Waals surface area contributed by atoms with Gasteiger partial charge in [0.05, 0.1) is 29.7 Å². The fourth-order valence-electron chi connectivity index (χ4n) is 4.56. The van der Waals surface area contributed by atoms with Crippen LogP contribution in [0.5, 0.6) is 5.75 Å². The molecule has 5 rings (SSSR count). The number of nitrogens with one attached hydrogen (secondary N) is 1. The average Bonchev–Trinajstić information content (AvgIpc) is 2.97. The Morgan fingerprint density at radius 3 is 2.28 bits per heavy atom. The van der Waals surface area contributed by atoms with Gasteiger partial charge in [-0.2, -0.15) is 0 Å². The first-order valence-corrected chi connectivity index (χ1v) is 13.5. The number of aromatic nitrogens is 1.